The topological polar surface area (TPSA) is 64.3 Å². The zero-order chi connectivity index (χ0) is 14.0. The number of carboxylic acid groups (broad SMARTS) is 1. The van der Waals surface area contributed by atoms with Crippen molar-refractivity contribution >= 4 is 27.6 Å². The van der Waals surface area contributed by atoms with Crippen LogP contribution < -0.4 is 4.90 Å². The zero-order valence-corrected chi connectivity index (χ0v) is 11.7. The van der Waals surface area contributed by atoms with E-state index in [1.165, 1.54) is 12.1 Å². The first-order valence-electron chi connectivity index (χ1n) is 5.90. The first kappa shape index (κ1) is 13.8. The van der Waals surface area contributed by atoms with Gasteiger partial charge in [-0.3, -0.25) is 4.79 Å². The van der Waals surface area contributed by atoms with Gasteiger partial charge >= 0.3 is 5.97 Å². The van der Waals surface area contributed by atoms with Crippen molar-refractivity contribution in [2.75, 3.05) is 18.0 Å². The van der Waals surface area contributed by atoms with Gasteiger partial charge < -0.3 is 10.0 Å². The molecular weight excluding hydrogens is 315 g/mol. The Hall–Kier alpha value is -1.61. The largest absolute Gasteiger partial charge is 0.481 e. The van der Waals surface area contributed by atoms with Gasteiger partial charge in [0.1, 0.15) is 6.07 Å². The number of carboxylic acids is 1. The number of aliphatic carboxylic acids is 1. The Morgan fingerprint density at radius 1 is 1.58 bits per heavy atom. The van der Waals surface area contributed by atoms with E-state index in [0.29, 0.717) is 31.6 Å². The van der Waals surface area contributed by atoms with Crippen molar-refractivity contribution in [2.45, 2.75) is 12.8 Å². The molecule has 0 aromatic heterocycles. The molecule has 1 N–H and O–H groups in total. The maximum atomic E-state index is 14.2. The van der Waals surface area contributed by atoms with Gasteiger partial charge in [-0.2, -0.15) is 5.26 Å². The molecule has 1 aromatic carbocycles. The number of nitriles is 1. The summed E-state index contributed by atoms with van der Waals surface area (Å²) < 4.78 is 14.3. The third-order valence-electron chi connectivity index (χ3n) is 3.29. The second-order valence-electron chi connectivity index (χ2n) is 4.50. The van der Waals surface area contributed by atoms with Crippen molar-refractivity contribution in [3.8, 4) is 6.07 Å². The summed E-state index contributed by atoms with van der Waals surface area (Å²) in [6.45, 7) is 0.920. The lowest BCUT2D eigenvalue weighted by Crippen LogP contribution is -2.39. The van der Waals surface area contributed by atoms with E-state index in [0.717, 1.165) is 0 Å². The Morgan fingerprint density at radius 3 is 2.95 bits per heavy atom. The van der Waals surface area contributed by atoms with Gasteiger partial charge in [-0.15, -0.1) is 0 Å². The smallest absolute Gasteiger partial charge is 0.308 e. The molecule has 4 nitrogen and oxygen atoms in total. The van der Waals surface area contributed by atoms with Gasteiger partial charge in [0.05, 0.1) is 21.6 Å². The minimum Gasteiger partial charge on any atom is -0.481 e. The molecule has 1 aliphatic rings. The lowest BCUT2D eigenvalue weighted by molar-refractivity contribution is -0.141. The van der Waals surface area contributed by atoms with Crippen molar-refractivity contribution in [2.24, 2.45) is 5.92 Å². The number of anilines is 1. The SMILES string of the molecule is N#Cc1ccc(N2CCCC(C(=O)O)C2)c(F)c1Br. The molecule has 0 aliphatic carbocycles. The van der Waals surface area contributed by atoms with Gasteiger partial charge in [0.2, 0.25) is 0 Å². The van der Waals surface area contributed by atoms with Crippen LogP contribution in [0.3, 0.4) is 0 Å². The number of benzene rings is 1. The van der Waals surface area contributed by atoms with Crippen LogP contribution in [0.1, 0.15) is 18.4 Å². The zero-order valence-electron chi connectivity index (χ0n) is 10.1. The molecule has 1 atom stereocenters. The lowest BCUT2D eigenvalue weighted by atomic mass is 9.97. The maximum Gasteiger partial charge on any atom is 0.308 e. The minimum absolute atomic E-state index is 0.130. The quantitative estimate of drug-likeness (QED) is 0.907. The van der Waals surface area contributed by atoms with Gasteiger partial charge in [0, 0.05) is 13.1 Å². The van der Waals surface area contributed by atoms with E-state index in [-0.39, 0.29) is 10.0 Å². The van der Waals surface area contributed by atoms with Crippen molar-refractivity contribution < 1.29 is 14.3 Å². The Kier molecular flexibility index (Phi) is 4.05. The molecule has 0 amide bonds. The van der Waals surface area contributed by atoms with E-state index in [4.69, 9.17) is 10.4 Å². The lowest BCUT2D eigenvalue weighted by Gasteiger charge is -2.32. The fourth-order valence-corrected chi connectivity index (χ4v) is 2.69. The molecule has 0 bridgehead atoms. The third kappa shape index (κ3) is 2.71. The van der Waals surface area contributed by atoms with E-state index in [2.05, 4.69) is 15.9 Å². The van der Waals surface area contributed by atoms with Crippen LogP contribution in [0, 0.1) is 23.1 Å². The summed E-state index contributed by atoms with van der Waals surface area (Å²) in [6, 6.07) is 4.96. The molecule has 1 unspecified atom stereocenters. The molecule has 2 rings (SSSR count). The summed E-state index contributed by atoms with van der Waals surface area (Å²) in [6.07, 6.45) is 1.33. The second-order valence-corrected chi connectivity index (χ2v) is 5.29. The fourth-order valence-electron chi connectivity index (χ4n) is 2.27. The first-order valence-corrected chi connectivity index (χ1v) is 6.69. The molecule has 1 saturated heterocycles. The summed E-state index contributed by atoms with van der Waals surface area (Å²) in [7, 11) is 0. The van der Waals surface area contributed by atoms with Crippen LogP contribution in [0.2, 0.25) is 0 Å². The highest BCUT2D eigenvalue weighted by Gasteiger charge is 2.27. The molecule has 6 heteroatoms. The molecule has 0 spiro atoms. The molecule has 100 valence electrons. The molecule has 1 aliphatic heterocycles. The predicted octanol–water partition coefficient (Wildman–Crippen LogP) is 2.76. The molecule has 19 heavy (non-hydrogen) atoms. The maximum absolute atomic E-state index is 14.2. The van der Waals surface area contributed by atoms with Crippen LogP contribution in [0.25, 0.3) is 0 Å². The summed E-state index contributed by atoms with van der Waals surface area (Å²) in [5.41, 5.74) is 0.574. The standard InChI is InChI=1S/C13H12BrFN2O2/c14-11-8(6-16)3-4-10(12(11)15)17-5-1-2-9(7-17)13(18)19/h3-4,9H,1-2,5,7H2,(H,18,19). The van der Waals surface area contributed by atoms with Gasteiger partial charge in [-0.25, -0.2) is 4.39 Å². The highest BCUT2D eigenvalue weighted by atomic mass is 79.9. The number of rotatable bonds is 2. The van der Waals surface area contributed by atoms with Gasteiger partial charge in [-0.05, 0) is 40.9 Å². The Morgan fingerprint density at radius 2 is 2.32 bits per heavy atom. The van der Waals surface area contributed by atoms with Crippen molar-refractivity contribution in [1.29, 1.82) is 5.26 Å². The van der Waals surface area contributed by atoms with Crippen LogP contribution in [-0.2, 0) is 4.79 Å². The predicted molar refractivity (Wildman–Crippen MR) is 71.4 cm³/mol. The highest BCUT2D eigenvalue weighted by molar-refractivity contribution is 9.10. The number of carbonyl (C=O) groups is 1. The third-order valence-corrected chi connectivity index (χ3v) is 4.07. The number of hydrogen-bond acceptors (Lipinski definition) is 3. The number of nitrogens with zero attached hydrogens (tertiary/aromatic N) is 2. The van der Waals surface area contributed by atoms with Crippen molar-refractivity contribution in [3.63, 3.8) is 0 Å². The van der Waals surface area contributed by atoms with E-state index in [9.17, 15) is 9.18 Å². The van der Waals surface area contributed by atoms with Gasteiger partial charge in [0.15, 0.2) is 5.82 Å². The average molecular weight is 327 g/mol. The Labute approximate surface area is 118 Å². The summed E-state index contributed by atoms with van der Waals surface area (Å²) in [5, 5.41) is 17.9. The minimum atomic E-state index is -0.849. The van der Waals surface area contributed by atoms with E-state index in [1.807, 2.05) is 6.07 Å². The fraction of sp³-hybridized carbons (Fsp3) is 0.385. The average Bonchev–Trinajstić information content (AvgIpc) is 2.42. The van der Waals surface area contributed by atoms with Crippen LogP contribution in [-0.4, -0.2) is 24.2 Å². The summed E-state index contributed by atoms with van der Waals surface area (Å²) >= 11 is 3.06. The molecule has 1 fully saturated rings. The van der Waals surface area contributed by atoms with Crippen LogP contribution in [0.15, 0.2) is 16.6 Å². The highest BCUT2D eigenvalue weighted by Crippen LogP contribution is 2.31. The van der Waals surface area contributed by atoms with Gasteiger partial charge in [0.25, 0.3) is 0 Å². The Bertz CT molecular complexity index is 556. The summed E-state index contributed by atoms with van der Waals surface area (Å²) in [4.78, 5) is 12.7. The van der Waals surface area contributed by atoms with Gasteiger partial charge in [-0.1, -0.05) is 0 Å². The molecule has 1 heterocycles. The number of piperidine rings is 1. The van der Waals surface area contributed by atoms with Crippen LogP contribution in [0.5, 0.6) is 0 Å². The Balaban J connectivity index is 2.30. The molecule has 0 saturated carbocycles. The van der Waals surface area contributed by atoms with E-state index < -0.39 is 17.7 Å². The summed E-state index contributed by atoms with van der Waals surface area (Å²) in [5.74, 6) is -1.83. The number of halogens is 2. The van der Waals surface area contributed by atoms with Crippen LogP contribution >= 0.6 is 15.9 Å². The van der Waals surface area contributed by atoms with Crippen molar-refractivity contribution in [1.82, 2.24) is 0 Å². The van der Waals surface area contributed by atoms with E-state index in [1.54, 1.807) is 4.90 Å². The molecule has 0 radical (unpaired) electrons. The van der Waals surface area contributed by atoms with Crippen molar-refractivity contribution in [3.05, 3.63) is 28.0 Å². The van der Waals surface area contributed by atoms with Crippen LogP contribution in [0.4, 0.5) is 10.1 Å². The van der Waals surface area contributed by atoms with E-state index >= 15 is 0 Å². The molecular formula is C13H12BrFN2O2. The monoisotopic (exact) mass is 326 g/mol. The number of hydrogen-bond donors (Lipinski definition) is 1. The second kappa shape index (κ2) is 5.57. The molecule has 1 aromatic rings. The first-order chi connectivity index (χ1) is 9.04. The normalized spacial score (nSPS) is 19.0.